The lowest BCUT2D eigenvalue weighted by Crippen LogP contribution is -2.48. The first-order chi connectivity index (χ1) is 9.23. The zero-order valence-electron chi connectivity index (χ0n) is 11.5. The second-order valence-corrected chi connectivity index (χ2v) is 7.72. The van der Waals surface area contributed by atoms with Crippen LogP contribution in [0, 0.1) is 6.92 Å². The van der Waals surface area contributed by atoms with Crippen molar-refractivity contribution in [3.63, 3.8) is 0 Å². The lowest BCUT2D eigenvalue weighted by molar-refractivity contribution is -0.0440. The van der Waals surface area contributed by atoms with Gasteiger partial charge in [0.2, 0.25) is 10.0 Å². The number of rotatable bonds is 3. The summed E-state index contributed by atoms with van der Waals surface area (Å²) in [7, 11) is -3.81. The molecule has 0 aromatic carbocycles. The van der Waals surface area contributed by atoms with E-state index in [4.69, 9.17) is 9.84 Å². The molecule has 1 N–H and O–H groups in total. The second kappa shape index (κ2) is 5.44. The van der Waals surface area contributed by atoms with Crippen molar-refractivity contribution >= 4 is 27.3 Å². The highest BCUT2D eigenvalue weighted by Crippen LogP contribution is 2.31. The quantitative estimate of drug-likeness (QED) is 0.914. The van der Waals surface area contributed by atoms with Gasteiger partial charge in [-0.2, -0.15) is 4.31 Å². The van der Waals surface area contributed by atoms with Crippen LogP contribution in [0.2, 0.25) is 0 Å². The molecule has 0 spiro atoms. The van der Waals surface area contributed by atoms with Crippen molar-refractivity contribution < 1.29 is 23.1 Å². The normalized spacial score (nSPS) is 24.8. The molecular weight excluding hydrogens is 302 g/mol. The maximum absolute atomic E-state index is 12.7. The molecule has 2 heterocycles. The molecule has 1 aliphatic rings. The number of aryl methyl sites for hydroxylation is 1. The molecule has 1 fully saturated rings. The Hall–Kier alpha value is -0.960. The molecule has 2 atom stereocenters. The van der Waals surface area contributed by atoms with Gasteiger partial charge in [0, 0.05) is 13.1 Å². The standard InChI is InChI=1S/C12H17NO5S2/c1-7-6-19-10(12(14)15)11(7)20(16,17)13-4-8(2)18-9(3)5-13/h6,8-9H,4-5H2,1-3H3,(H,14,15)/t8-,9+. The Morgan fingerprint density at radius 1 is 1.40 bits per heavy atom. The van der Waals surface area contributed by atoms with E-state index >= 15 is 0 Å². The van der Waals surface area contributed by atoms with Crippen LogP contribution in [-0.2, 0) is 14.8 Å². The van der Waals surface area contributed by atoms with Crippen molar-refractivity contribution in [3.05, 3.63) is 15.8 Å². The van der Waals surface area contributed by atoms with Gasteiger partial charge in [0.1, 0.15) is 9.77 Å². The summed E-state index contributed by atoms with van der Waals surface area (Å²) in [5.41, 5.74) is 0.471. The first-order valence-corrected chi connectivity index (χ1v) is 8.52. The van der Waals surface area contributed by atoms with E-state index in [9.17, 15) is 13.2 Å². The number of hydrogen-bond acceptors (Lipinski definition) is 5. The minimum atomic E-state index is -3.81. The summed E-state index contributed by atoms with van der Waals surface area (Å²) in [5.74, 6) is -1.21. The molecule has 1 aromatic heterocycles. The Morgan fingerprint density at radius 3 is 2.45 bits per heavy atom. The van der Waals surface area contributed by atoms with Gasteiger partial charge in [0.05, 0.1) is 12.2 Å². The summed E-state index contributed by atoms with van der Waals surface area (Å²) in [6.07, 6.45) is -0.415. The number of thiophene rings is 1. The van der Waals surface area contributed by atoms with Crippen molar-refractivity contribution in [3.8, 4) is 0 Å². The van der Waals surface area contributed by atoms with Gasteiger partial charge in [-0.25, -0.2) is 13.2 Å². The first-order valence-electron chi connectivity index (χ1n) is 6.20. The Labute approximate surface area is 122 Å². The number of hydrogen-bond donors (Lipinski definition) is 1. The number of carbonyl (C=O) groups is 1. The molecule has 0 amide bonds. The molecule has 0 saturated carbocycles. The topological polar surface area (TPSA) is 83.9 Å². The summed E-state index contributed by atoms with van der Waals surface area (Å²) < 4.78 is 32.2. The Bertz CT molecular complexity index is 612. The number of carboxylic acids is 1. The molecule has 1 aromatic rings. The van der Waals surface area contributed by atoms with Crippen LogP contribution in [0.3, 0.4) is 0 Å². The highest BCUT2D eigenvalue weighted by molar-refractivity contribution is 7.89. The van der Waals surface area contributed by atoms with E-state index in [1.807, 2.05) is 0 Å². The van der Waals surface area contributed by atoms with E-state index < -0.39 is 16.0 Å². The molecule has 8 heteroatoms. The lowest BCUT2D eigenvalue weighted by Gasteiger charge is -2.34. The van der Waals surface area contributed by atoms with Crippen molar-refractivity contribution in [1.82, 2.24) is 4.31 Å². The summed E-state index contributed by atoms with van der Waals surface area (Å²) in [5, 5.41) is 10.7. The van der Waals surface area contributed by atoms with Crippen LogP contribution in [0.1, 0.15) is 29.1 Å². The number of sulfonamides is 1. The summed E-state index contributed by atoms with van der Waals surface area (Å²) in [4.78, 5) is 11.0. The second-order valence-electron chi connectivity index (χ2n) is 4.96. The first kappa shape index (κ1) is 15.4. The zero-order valence-corrected chi connectivity index (χ0v) is 13.1. The third kappa shape index (κ3) is 2.73. The average molecular weight is 319 g/mol. The van der Waals surface area contributed by atoms with Gasteiger partial charge in [-0.3, -0.25) is 0 Å². The summed E-state index contributed by atoms with van der Waals surface area (Å²) >= 11 is 0.940. The van der Waals surface area contributed by atoms with E-state index in [2.05, 4.69) is 0 Å². The molecule has 1 saturated heterocycles. The number of ether oxygens (including phenoxy) is 1. The zero-order chi connectivity index (χ0) is 15.1. The van der Waals surface area contributed by atoms with E-state index in [1.54, 1.807) is 26.2 Å². The third-order valence-electron chi connectivity index (χ3n) is 3.10. The van der Waals surface area contributed by atoms with Crippen LogP contribution in [0.15, 0.2) is 10.3 Å². The number of aromatic carboxylic acids is 1. The number of carboxylic acid groups (broad SMARTS) is 1. The van der Waals surface area contributed by atoms with Crippen molar-refractivity contribution in [2.45, 2.75) is 37.9 Å². The summed E-state index contributed by atoms with van der Waals surface area (Å²) in [6, 6.07) is 0. The van der Waals surface area contributed by atoms with Gasteiger partial charge in [-0.15, -0.1) is 11.3 Å². The van der Waals surface area contributed by atoms with E-state index in [1.165, 1.54) is 4.31 Å². The minimum Gasteiger partial charge on any atom is -0.477 e. The van der Waals surface area contributed by atoms with Crippen LogP contribution in [0.5, 0.6) is 0 Å². The SMILES string of the molecule is Cc1csc(C(=O)O)c1S(=O)(=O)N1C[C@@H](C)O[C@@H](C)C1. The molecule has 112 valence electrons. The Morgan fingerprint density at radius 2 is 1.95 bits per heavy atom. The van der Waals surface area contributed by atoms with Crippen LogP contribution in [-0.4, -0.2) is 49.1 Å². The fraction of sp³-hybridized carbons (Fsp3) is 0.583. The average Bonchev–Trinajstić information content (AvgIpc) is 2.70. The van der Waals surface area contributed by atoms with Crippen molar-refractivity contribution in [1.29, 1.82) is 0 Å². The van der Waals surface area contributed by atoms with Gasteiger partial charge in [-0.1, -0.05) is 0 Å². The largest absolute Gasteiger partial charge is 0.477 e. The van der Waals surface area contributed by atoms with Gasteiger partial charge >= 0.3 is 5.97 Å². The maximum Gasteiger partial charge on any atom is 0.347 e. The van der Waals surface area contributed by atoms with Crippen molar-refractivity contribution in [2.24, 2.45) is 0 Å². The van der Waals surface area contributed by atoms with Gasteiger partial charge in [-0.05, 0) is 31.7 Å². The maximum atomic E-state index is 12.7. The molecule has 0 bridgehead atoms. The van der Waals surface area contributed by atoms with Crippen LogP contribution < -0.4 is 0 Å². The molecule has 0 radical (unpaired) electrons. The number of morpholine rings is 1. The van der Waals surface area contributed by atoms with E-state index in [-0.39, 0.29) is 35.1 Å². The van der Waals surface area contributed by atoms with Gasteiger partial charge < -0.3 is 9.84 Å². The Kier molecular flexibility index (Phi) is 4.19. The molecule has 0 unspecified atom stereocenters. The molecule has 2 rings (SSSR count). The molecular formula is C12H17NO5S2. The van der Waals surface area contributed by atoms with Gasteiger partial charge in [0.15, 0.2) is 0 Å². The predicted molar refractivity (Wildman–Crippen MR) is 74.8 cm³/mol. The fourth-order valence-corrected chi connectivity index (χ4v) is 5.53. The van der Waals surface area contributed by atoms with E-state index in [0.717, 1.165) is 11.3 Å². The molecule has 0 aliphatic carbocycles. The van der Waals surface area contributed by atoms with Crippen molar-refractivity contribution in [2.75, 3.05) is 13.1 Å². The Balaban J connectivity index is 2.45. The van der Waals surface area contributed by atoms with E-state index in [0.29, 0.717) is 5.56 Å². The fourth-order valence-electron chi connectivity index (χ4n) is 2.36. The highest BCUT2D eigenvalue weighted by atomic mass is 32.2. The molecule has 1 aliphatic heterocycles. The number of nitrogens with zero attached hydrogens (tertiary/aromatic N) is 1. The monoisotopic (exact) mass is 319 g/mol. The van der Waals surface area contributed by atoms with Crippen LogP contribution in [0.25, 0.3) is 0 Å². The molecule has 6 nitrogen and oxygen atoms in total. The van der Waals surface area contributed by atoms with Crippen LogP contribution in [0.4, 0.5) is 0 Å². The van der Waals surface area contributed by atoms with Crippen LogP contribution >= 0.6 is 11.3 Å². The third-order valence-corrected chi connectivity index (χ3v) is 6.33. The highest BCUT2D eigenvalue weighted by Gasteiger charge is 2.36. The summed E-state index contributed by atoms with van der Waals surface area (Å²) in [6.45, 7) is 5.69. The minimum absolute atomic E-state index is 0.0868. The van der Waals surface area contributed by atoms with Gasteiger partial charge in [0.25, 0.3) is 0 Å². The predicted octanol–water partition coefficient (Wildman–Crippen LogP) is 1.55. The molecule has 20 heavy (non-hydrogen) atoms. The smallest absolute Gasteiger partial charge is 0.347 e. The lowest BCUT2D eigenvalue weighted by atomic mass is 10.3.